The van der Waals surface area contributed by atoms with Crippen molar-refractivity contribution in [1.82, 2.24) is 14.3 Å². The van der Waals surface area contributed by atoms with Crippen molar-refractivity contribution in [3.63, 3.8) is 0 Å². The summed E-state index contributed by atoms with van der Waals surface area (Å²) in [5, 5.41) is 7.71. The molecule has 136 valence electrons. The van der Waals surface area contributed by atoms with E-state index in [-0.39, 0.29) is 6.04 Å². The van der Waals surface area contributed by atoms with Gasteiger partial charge in [0.05, 0.1) is 11.8 Å². The Morgan fingerprint density at radius 1 is 1.15 bits per heavy atom. The SMILES string of the molecule is CC(C)n1nccc1NC(=O)[C@@H](C)OC(=O)c1cn(C)c2ccccc12. The number of carbonyl (C=O) groups is 2. The standard InChI is InChI=1S/C19H22N4O3/c1-12(2)23-17(9-10-20-23)21-18(24)13(3)26-19(25)15-11-22(4)16-8-6-5-7-14(15)16/h5-13H,1-4H3,(H,21,24)/t13-/m1/s1. The molecule has 7 heteroatoms. The molecule has 0 bridgehead atoms. The number of nitrogens with one attached hydrogen (secondary N) is 1. The van der Waals surface area contributed by atoms with Gasteiger partial charge in [-0.2, -0.15) is 5.10 Å². The van der Waals surface area contributed by atoms with Crippen LogP contribution in [0.3, 0.4) is 0 Å². The fourth-order valence-electron chi connectivity index (χ4n) is 2.83. The molecule has 0 unspecified atom stereocenters. The maximum Gasteiger partial charge on any atom is 0.341 e. The Hall–Kier alpha value is -3.09. The molecule has 3 rings (SSSR count). The first-order chi connectivity index (χ1) is 12.4. The van der Waals surface area contributed by atoms with Crippen molar-refractivity contribution in [2.24, 2.45) is 7.05 Å². The van der Waals surface area contributed by atoms with E-state index >= 15 is 0 Å². The Balaban J connectivity index is 1.72. The Kier molecular flexibility index (Phi) is 4.79. The van der Waals surface area contributed by atoms with E-state index in [0.29, 0.717) is 11.4 Å². The number of hydrogen-bond acceptors (Lipinski definition) is 4. The average Bonchev–Trinajstić information content (AvgIpc) is 3.20. The number of rotatable bonds is 5. The molecular formula is C19H22N4O3. The lowest BCUT2D eigenvalue weighted by Gasteiger charge is -2.15. The predicted octanol–water partition coefficient (Wildman–Crippen LogP) is 3.14. The number of ether oxygens (including phenoxy) is 1. The summed E-state index contributed by atoms with van der Waals surface area (Å²) < 4.78 is 8.93. The molecule has 3 aromatic rings. The summed E-state index contributed by atoms with van der Waals surface area (Å²) >= 11 is 0. The van der Waals surface area contributed by atoms with Crippen molar-refractivity contribution in [1.29, 1.82) is 0 Å². The highest BCUT2D eigenvalue weighted by Gasteiger charge is 2.22. The van der Waals surface area contributed by atoms with Gasteiger partial charge in [0.25, 0.3) is 5.91 Å². The average molecular weight is 354 g/mol. The van der Waals surface area contributed by atoms with Crippen LogP contribution in [0.2, 0.25) is 0 Å². The molecule has 1 aromatic carbocycles. The van der Waals surface area contributed by atoms with E-state index in [1.165, 1.54) is 0 Å². The molecular weight excluding hydrogens is 332 g/mol. The summed E-state index contributed by atoms with van der Waals surface area (Å²) in [5.74, 6) is -0.360. The fourth-order valence-corrected chi connectivity index (χ4v) is 2.83. The first kappa shape index (κ1) is 17.7. The number of carbonyl (C=O) groups excluding carboxylic acids is 2. The van der Waals surface area contributed by atoms with Gasteiger partial charge in [0.1, 0.15) is 5.82 Å². The molecule has 1 N–H and O–H groups in total. The molecule has 0 spiro atoms. The third-order valence-corrected chi connectivity index (χ3v) is 4.18. The normalized spacial score (nSPS) is 12.3. The summed E-state index contributed by atoms with van der Waals surface area (Å²) in [6.07, 6.45) is 2.39. The van der Waals surface area contributed by atoms with Crippen LogP contribution in [0, 0.1) is 0 Å². The number of benzene rings is 1. The van der Waals surface area contributed by atoms with Crippen LogP contribution in [0.1, 0.15) is 37.2 Å². The van der Waals surface area contributed by atoms with Crippen LogP contribution in [0.5, 0.6) is 0 Å². The van der Waals surface area contributed by atoms with Gasteiger partial charge in [-0.25, -0.2) is 9.48 Å². The minimum Gasteiger partial charge on any atom is -0.449 e. The number of amides is 1. The molecule has 0 aliphatic rings. The molecule has 0 radical (unpaired) electrons. The van der Waals surface area contributed by atoms with Crippen molar-refractivity contribution in [3.05, 3.63) is 48.3 Å². The van der Waals surface area contributed by atoms with Crippen molar-refractivity contribution in [2.45, 2.75) is 32.9 Å². The highest BCUT2D eigenvalue weighted by Crippen LogP contribution is 2.21. The van der Waals surface area contributed by atoms with E-state index in [9.17, 15) is 9.59 Å². The van der Waals surface area contributed by atoms with Crippen molar-refractivity contribution >= 4 is 28.6 Å². The monoisotopic (exact) mass is 354 g/mol. The molecule has 1 amide bonds. The number of aryl methyl sites for hydroxylation is 1. The second kappa shape index (κ2) is 7.03. The smallest absolute Gasteiger partial charge is 0.341 e. The van der Waals surface area contributed by atoms with E-state index < -0.39 is 18.0 Å². The first-order valence-electron chi connectivity index (χ1n) is 8.48. The number of fused-ring (bicyclic) bond motifs is 1. The molecule has 1 atom stereocenters. The van der Waals surface area contributed by atoms with Crippen LogP contribution >= 0.6 is 0 Å². The third kappa shape index (κ3) is 3.33. The minimum atomic E-state index is -0.933. The molecule has 0 saturated heterocycles. The van der Waals surface area contributed by atoms with Crippen LogP contribution in [0.15, 0.2) is 42.7 Å². The van der Waals surface area contributed by atoms with Gasteiger partial charge in [0.15, 0.2) is 6.10 Å². The van der Waals surface area contributed by atoms with Gasteiger partial charge in [-0.3, -0.25) is 4.79 Å². The van der Waals surface area contributed by atoms with Crippen LogP contribution < -0.4 is 5.32 Å². The van der Waals surface area contributed by atoms with Crippen LogP contribution in [-0.2, 0) is 16.6 Å². The van der Waals surface area contributed by atoms with Gasteiger partial charge in [0, 0.05) is 36.3 Å². The number of para-hydroxylation sites is 1. The molecule has 26 heavy (non-hydrogen) atoms. The fraction of sp³-hybridized carbons (Fsp3) is 0.316. The molecule has 0 aliphatic carbocycles. The first-order valence-corrected chi connectivity index (χ1v) is 8.48. The zero-order valence-electron chi connectivity index (χ0n) is 15.3. The summed E-state index contributed by atoms with van der Waals surface area (Å²) in [7, 11) is 1.86. The van der Waals surface area contributed by atoms with Crippen molar-refractivity contribution < 1.29 is 14.3 Å². The molecule has 2 aromatic heterocycles. The minimum absolute atomic E-state index is 0.105. The van der Waals surface area contributed by atoms with Crippen LogP contribution in [-0.4, -0.2) is 32.3 Å². The van der Waals surface area contributed by atoms with E-state index in [1.54, 1.807) is 30.1 Å². The highest BCUT2D eigenvalue weighted by atomic mass is 16.5. The van der Waals surface area contributed by atoms with Crippen molar-refractivity contribution in [3.8, 4) is 0 Å². The van der Waals surface area contributed by atoms with Crippen molar-refractivity contribution in [2.75, 3.05) is 5.32 Å². The lowest BCUT2D eigenvalue weighted by molar-refractivity contribution is -0.123. The zero-order chi connectivity index (χ0) is 18.8. The lowest BCUT2D eigenvalue weighted by Crippen LogP contribution is -2.31. The molecule has 0 aliphatic heterocycles. The summed E-state index contributed by atoms with van der Waals surface area (Å²) in [6, 6.07) is 9.37. The van der Waals surface area contributed by atoms with Gasteiger partial charge < -0.3 is 14.6 Å². The van der Waals surface area contributed by atoms with E-state index in [1.807, 2.05) is 49.7 Å². The van der Waals surface area contributed by atoms with Gasteiger partial charge in [-0.1, -0.05) is 18.2 Å². The van der Waals surface area contributed by atoms with Gasteiger partial charge in [0.2, 0.25) is 0 Å². The second-order valence-electron chi connectivity index (χ2n) is 6.46. The summed E-state index contributed by atoms with van der Waals surface area (Å²) in [6.45, 7) is 5.48. The van der Waals surface area contributed by atoms with Crippen LogP contribution in [0.4, 0.5) is 5.82 Å². The highest BCUT2D eigenvalue weighted by molar-refractivity contribution is 6.05. The van der Waals surface area contributed by atoms with E-state index in [0.717, 1.165) is 10.9 Å². The maximum absolute atomic E-state index is 12.5. The number of hydrogen-bond donors (Lipinski definition) is 1. The zero-order valence-corrected chi connectivity index (χ0v) is 15.3. The number of aromatic nitrogens is 3. The number of esters is 1. The molecule has 7 nitrogen and oxygen atoms in total. The Bertz CT molecular complexity index is 955. The Morgan fingerprint density at radius 2 is 1.88 bits per heavy atom. The van der Waals surface area contributed by atoms with E-state index in [4.69, 9.17) is 4.74 Å². The topological polar surface area (TPSA) is 78.2 Å². The summed E-state index contributed by atoms with van der Waals surface area (Å²) in [5.41, 5.74) is 1.37. The molecule has 0 fully saturated rings. The number of nitrogens with zero attached hydrogens (tertiary/aromatic N) is 3. The van der Waals surface area contributed by atoms with Crippen LogP contribution in [0.25, 0.3) is 10.9 Å². The lowest BCUT2D eigenvalue weighted by atomic mass is 10.2. The van der Waals surface area contributed by atoms with Gasteiger partial charge in [-0.05, 0) is 26.8 Å². The summed E-state index contributed by atoms with van der Waals surface area (Å²) in [4.78, 5) is 24.9. The quantitative estimate of drug-likeness (QED) is 0.714. The van der Waals surface area contributed by atoms with E-state index in [2.05, 4.69) is 10.4 Å². The maximum atomic E-state index is 12.5. The largest absolute Gasteiger partial charge is 0.449 e. The van der Waals surface area contributed by atoms with Gasteiger partial charge >= 0.3 is 5.97 Å². The molecule has 2 heterocycles. The van der Waals surface area contributed by atoms with Gasteiger partial charge in [-0.15, -0.1) is 0 Å². The predicted molar refractivity (Wildman–Crippen MR) is 99.0 cm³/mol. The molecule has 0 saturated carbocycles. The second-order valence-corrected chi connectivity index (χ2v) is 6.46. The third-order valence-electron chi connectivity index (χ3n) is 4.18. The number of anilines is 1. The Morgan fingerprint density at radius 3 is 2.62 bits per heavy atom. The Labute approximate surface area is 151 Å².